The van der Waals surface area contributed by atoms with E-state index in [4.69, 9.17) is 0 Å². The molecule has 0 aliphatic carbocycles. The first-order chi connectivity index (χ1) is 14.8. The largest absolute Gasteiger partial charge is 0.357 e. The summed E-state index contributed by atoms with van der Waals surface area (Å²) >= 11 is 1.64. The van der Waals surface area contributed by atoms with Crippen LogP contribution in [0.3, 0.4) is 0 Å². The monoisotopic (exact) mass is 438 g/mol. The smallest absolute Gasteiger partial charge is 0.168 e. The first kappa shape index (κ1) is 22.4. The Hall–Kier alpha value is -3.32. The van der Waals surface area contributed by atoms with Crippen molar-refractivity contribution in [3.05, 3.63) is 82.1 Å². The van der Waals surface area contributed by atoms with Gasteiger partial charge < -0.3 is 10.2 Å². The summed E-state index contributed by atoms with van der Waals surface area (Å²) in [5.74, 6) is -0.531. The van der Waals surface area contributed by atoms with Gasteiger partial charge in [-0.1, -0.05) is 24.8 Å². The minimum atomic E-state index is -0.654. The Morgan fingerprint density at radius 2 is 1.77 bits per heavy atom. The quantitative estimate of drug-likeness (QED) is 0.263. The summed E-state index contributed by atoms with van der Waals surface area (Å²) in [5, 5.41) is 10.9. The molecule has 3 rings (SSSR count). The molecule has 0 aliphatic rings. The number of thiophene rings is 1. The van der Waals surface area contributed by atoms with Gasteiger partial charge in [0.15, 0.2) is 5.84 Å². The van der Waals surface area contributed by atoms with Crippen LogP contribution in [0.25, 0.3) is 16.8 Å². The Morgan fingerprint density at radius 1 is 1.13 bits per heavy atom. The Morgan fingerprint density at radius 3 is 2.35 bits per heavy atom. The van der Waals surface area contributed by atoms with Gasteiger partial charge in [-0.2, -0.15) is 5.10 Å². The number of nitrogens with one attached hydrogen (secondary N) is 1. The van der Waals surface area contributed by atoms with Gasteiger partial charge in [0.2, 0.25) is 0 Å². The Balaban J connectivity index is 1.84. The molecular formula is C24H24F2N4S. The van der Waals surface area contributed by atoms with Crippen molar-refractivity contribution in [2.75, 3.05) is 18.9 Å². The van der Waals surface area contributed by atoms with E-state index in [1.165, 1.54) is 18.2 Å². The number of amidine groups is 1. The summed E-state index contributed by atoms with van der Waals surface area (Å²) in [4.78, 5) is 4.18. The summed E-state index contributed by atoms with van der Waals surface area (Å²) in [5.41, 5.74) is 2.81. The number of rotatable bonds is 7. The van der Waals surface area contributed by atoms with Crippen molar-refractivity contribution < 1.29 is 8.78 Å². The van der Waals surface area contributed by atoms with E-state index in [0.717, 1.165) is 33.3 Å². The van der Waals surface area contributed by atoms with Gasteiger partial charge in [0.25, 0.3) is 0 Å². The van der Waals surface area contributed by atoms with Crippen molar-refractivity contribution in [1.29, 1.82) is 0 Å². The topological polar surface area (TPSA) is 40.0 Å². The van der Waals surface area contributed by atoms with Crippen LogP contribution in [-0.2, 0) is 0 Å². The molecule has 2 aromatic carbocycles. The number of benzene rings is 2. The molecule has 0 saturated carbocycles. The van der Waals surface area contributed by atoms with Crippen LogP contribution in [0.2, 0.25) is 0 Å². The molecule has 0 fully saturated rings. The Labute approximate surface area is 185 Å². The fourth-order valence-corrected chi connectivity index (χ4v) is 4.25. The van der Waals surface area contributed by atoms with E-state index in [0.29, 0.717) is 5.69 Å². The molecule has 1 aromatic heterocycles. The van der Waals surface area contributed by atoms with Crippen molar-refractivity contribution in [3.8, 4) is 11.1 Å². The lowest BCUT2D eigenvalue weighted by Crippen LogP contribution is -2.26. The maximum absolute atomic E-state index is 14.0. The van der Waals surface area contributed by atoms with Crippen LogP contribution >= 0.6 is 11.3 Å². The molecule has 0 radical (unpaired) electrons. The third kappa shape index (κ3) is 4.88. The summed E-state index contributed by atoms with van der Waals surface area (Å²) in [6, 6.07) is 13.5. The van der Waals surface area contributed by atoms with E-state index in [2.05, 4.69) is 41.8 Å². The van der Waals surface area contributed by atoms with E-state index in [9.17, 15) is 8.78 Å². The summed E-state index contributed by atoms with van der Waals surface area (Å²) in [6.45, 7) is 12.2. The maximum Gasteiger partial charge on any atom is 0.168 e. The first-order valence-electron chi connectivity index (χ1n) is 9.72. The lowest BCUT2D eigenvalue weighted by molar-refractivity contribution is 0.535. The van der Waals surface area contributed by atoms with Crippen LogP contribution in [0.15, 0.2) is 65.3 Å². The fraction of sp³-hybridized carbons (Fsp3) is 0.167. The zero-order valence-electron chi connectivity index (χ0n) is 17.7. The highest BCUT2D eigenvalue weighted by atomic mass is 32.1. The predicted molar refractivity (Wildman–Crippen MR) is 128 cm³/mol. The second kappa shape index (κ2) is 9.66. The lowest BCUT2D eigenvalue weighted by Gasteiger charge is -2.16. The van der Waals surface area contributed by atoms with Crippen LogP contribution in [-0.4, -0.2) is 31.0 Å². The van der Waals surface area contributed by atoms with E-state index >= 15 is 0 Å². The highest BCUT2D eigenvalue weighted by Gasteiger charge is 2.16. The number of nitrogens with zero attached hydrogens (tertiary/aromatic N) is 3. The zero-order chi connectivity index (χ0) is 22.5. The average molecular weight is 439 g/mol. The first-order valence-corrected chi connectivity index (χ1v) is 10.5. The van der Waals surface area contributed by atoms with Crippen LogP contribution in [0.1, 0.15) is 22.2 Å². The van der Waals surface area contributed by atoms with E-state index < -0.39 is 11.6 Å². The summed E-state index contributed by atoms with van der Waals surface area (Å²) < 4.78 is 27.9. The van der Waals surface area contributed by atoms with Gasteiger partial charge in [0.1, 0.15) is 11.6 Å². The minimum Gasteiger partial charge on any atom is -0.357 e. The van der Waals surface area contributed by atoms with E-state index in [1.54, 1.807) is 11.3 Å². The Kier molecular flexibility index (Phi) is 6.97. The standard InChI is InChI=1S/C24H24F2N4S/c1-6-30(5)24(29-27-4)22-14-19(16(3)31-22)17-10-12-18(13-11-17)28-15(2)23-20(25)8-7-9-21(23)26/h7-14,28H,2,4,6H2,1,3,5H3/b29-24-. The molecule has 4 nitrogen and oxygen atoms in total. The molecule has 0 amide bonds. The van der Waals surface area contributed by atoms with Gasteiger partial charge in [0, 0.05) is 36.6 Å². The lowest BCUT2D eigenvalue weighted by atomic mass is 10.1. The van der Waals surface area contributed by atoms with E-state index in [1.807, 2.05) is 43.1 Å². The molecule has 160 valence electrons. The van der Waals surface area contributed by atoms with Gasteiger partial charge >= 0.3 is 0 Å². The van der Waals surface area contributed by atoms with Gasteiger partial charge in [-0.15, -0.1) is 16.4 Å². The predicted octanol–water partition coefficient (Wildman–Crippen LogP) is 6.40. The number of halogens is 2. The number of hydrogen-bond donors (Lipinski definition) is 1. The second-order valence-corrected chi connectivity index (χ2v) is 8.19. The maximum atomic E-state index is 14.0. The third-order valence-electron chi connectivity index (χ3n) is 4.90. The van der Waals surface area contributed by atoms with Gasteiger partial charge in [-0.05, 0) is 55.3 Å². The van der Waals surface area contributed by atoms with Crippen molar-refractivity contribution in [2.24, 2.45) is 10.2 Å². The molecule has 1 N–H and O–H groups in total. The average Bonchev–Trinajstić information content (AvgIpc) is 3.13. The normalized spacial score (nSPS) is 11.3. The molecule has 0 unspecified atom stereocenters. The fourth-order valence-electron chi connectivity index (χ4n) is 3.17. The molecule has 3 aromatic rings. The molecule has 0 aliphatic heterocycles. The highest BCUT2D eigenvalue weighted by molar-refractivity contribution is 7.14. The van der Waals surface area contributed by atoms with Crippen LogP contribution in [0.4, 0.5) is 14.5 Å². The third-order valence-corrected chi connectivity index (χ3v) is 5.94. The van der Waals surface area contributed by atoms with Crippen LogP contribution < -0.4 is 5.32 Å². The summed E-state index contributed by atoms with van der Waals surface area (Å²) in [7, 11) is 1.96. The SMILES string of the molecule is C=N/N=C(/c1cc(-c2ccc(NC(=C)c3c(F)cccc3F)cc2)c(C)s1)N(C)CC. The van der Waals surface area contributed by atoms with E-state index in [-0.39, 0.29) is 11.3 Å². The van der Waals surface area contributed by atoms with Gasteiger partial charge in [-0.25, -0.2) is 8.78 Å². The number of aryl methyl sites for hydroxylation is 1. The molecule has 1 heterocycles. The zero-order valence-corrected chi connectivity index (χ0v) is 18.6. The Bertz CT molecular complexity index is 1110. The molecular weight excluding hydrogens is 414 g/mol. The summed E-state index contributed by atoms with van der Waals surface area (Å²) in [6.07, 6.45) is 0. The molecule has 0 saturated heterocycles. The van der Waals surface area contributed by atoms with Crippen molar-refractivity contribution in [2.45, 2.75) is 13.8 Å². The van der Waals surface area contributed by atoms with Gasteiger partial charge in [0.05, 0.1) is 10.4 Å². The van der Waals surface area contributed by atoms with Crippen molar-refractivity contribution in [3.63, 3.8) is 0 Å². The molecule has 0 bridgehead atoms. The highest BCUT2D eigenvalue weighted by Crippen LogP contribution is 2.33. The van der Waals surface area contributed by atoms with Crippen molar-refractivity contribution in [1.82, 2.24) is 4.90 Å². The van der Waals surface area contributed by atoms with Crippen LogP contribution in [0, 0.1) is 18.6 Å². The minimum absolute atomic E-state index is 0.160. The molecule has 7 heteroatoms. The van der Waals surface area contributed by atoms with Crippen molar-refractivity contribution >= 4 is 35.3 Å². The molecule has 0 spiro atoms. The number of hydrogen-bond acceptors (Lipinski definition) is 4. The molecule has 0 atom stereocenters. The molecule has 31 heavy (non-hydrogen) atoms. The number of anilines is 1. The van der Waals surface area contributed by atoms with Crippen LogP contribution in [0.5, 0.6) is 0 Å². The van der Waals surface area contributed by atoms with Gasteiger partial charge in [-0.3, -0.25) is 0 Å². The second-order valence-electron chi connectivity index (χ2n) is 6.94.